The Labute approximate surface area is 159 Å². The highest BCUT2D eigenvalue weighted by atomic mass is 16.2. The fraction of sp³-hybridized carbons (Fsp3) is 0.0476. The van der Waals surface area contributed by atoms with Gasteiger partial charge in [-0.15, -0.1) is 0 Å². The predicted molar refractivity (Wildman–Crippen MR) is 106 cm³/mol. The Morgan fingerprint density at radius 2 is 1.43 bits per heavy atom. The largest absolute Gasteiger partial charge is 0.331 e. The van der Waals surface area contributed by atoms with E-state index in [0.717, 1.165) is 0 Å². The summed E-state index contributed by atoms with van der Waals surface area (Å²) in [7, 11) is 0. The monoisotopic (exact) mass is 372 g/mol. The summed E-state index contributed by atoms with van der Waals surface area (Å²) in [5.74, 6) is -0.938. The van der Waals surface area contributed by atoms with Crippen LogP contribution in [-0.4, -0.2) is 21.4 Å². The molecular formula is C21H16N4O3. The van der Waals surface area contributed by atoms with Crippen LogP contribution in [0.25, 0.3) is 21.8 Å². The zero-order valence-corrected chi connectivity index (χ0v) is 14.8. The molecule has 0 saturated carbocycles. The van der Waals surface area contributed by atoms with Crippen molar-refractivity contribution in [2.45, 2.75) is 6.54 Å². The molecule has 2 N–H and O–H groups in total. The Bertz CT molecular complexity index is 1190. The van der Waals surface area contributed by atoms with Crippen LogP contribution in [0.4, 0.5) is 0 Å². The Morgan fingerprint density at radius 3 is 2.04 bits per heavy atom. The molecule has 4 rings (SSSR count). The van der Waals surface area contributed by atoms with E-state index in [-0.39, 0.29) is 17.7 Å². The van der Waals surface area contributed by atoms with Gasteiger partial charge in [0.25, 0.3) is 11.8 Å². The number of aromatic nitrogens is 2. The van der Waals surface area contributed by atoms with Crippen LogP contribution in [0, 0.1) is 0 Å². The average molecular weight is 372 g/mol. The fourth-order valence-corrected chi connectivity index (χ4v) is 3.12. The summed E-state index contributed by atoms with van der Waals surface area (Å²) in [6.07, 6.45) is 1.50. The van der Waals surface area contributed by atoms with E-state index in [1.165, 1.54) is 6.20 Å². The zero-order chi connectivity index (χ0) is 19.5. The van der Waals surface area contributed by atoms with Gasteiger partial charge >= 0.3 is 0 Å². The number of hydrogen-bond acceptors (Lipinski definition) is 4. The molecule has 2 amide bonds. The molecule has 0 aliphatic heterocycles. The van der Waals surface area contributed by atoms with Crippen molar-refractivity contribution in [1.82, 2.24) is 20.4 Å². The number of rotatable bonds is 3. The molecule has 0 spiro atoms. The molecule has 2 aromatic heterocycles. The maximum atomic E-state index is 12.7. The van der Waals surface area contributed by atoms with Gasteiger partial charge in [0.1, 0.15) is 12.2 Å². The molecule has 28 heavy (non-hydrogen) atoms. The molecule has 0 aliphatic rings. The lowest BCUT2D eigenvalue weighted by atomic mass is 10.1. The van der Waals surface area contributed by atoms with Crippen molar-refractivity contribution in [2.24, 2.45) is 0 Å². The second-order valence-corrected chi connectivity index (χ2v) is 6.17. The van der Waals surface area contributed by atoms with Gasteiger partial charge in [-0.1, -0.05) is 30.3 Å². The SMILES string of the molecule is O=C(Cn1c2ccccc2c(=O)c2ccccc21)NNC(=O)c1ccccn1. The Morgan fingerprint density at radius 1 is 0.821 bits per heavy atom. The Hall–Kier alpha value is -4.00. The van der Waals surface area contributed by atoms with Crippen molar-refractivity contribution in [3.63, 3.8) is 0 Å². The third-order valence-electron chi connectivity index (χ3n) is 4.39. The van der Waals surface area contributed by atoms with Crippen molar-refractivity contribution in [1.29, 1.82) is 0 Å². The van der Waals surface area contributed by atoms with Gasteiger partial charge in [-0.2, -0.15) is 0 Å². The van der Waals surface area contributed by atoms with Crippen molar-refractivity contribution in [3.05, 3.63) is 88.8 Å². The van der Waals surface area contributed by atoms with Crippen LogP contribution in [0.1, 0.15) is 10.5 Å². The minimum atomic E-state index is -0.511. The number of nitrogens with one attached hydrogen (secondary N) is 2. The summed E-state index contributed by atoms with van der Waals surface area (Å²) in [5, 5.41) is 1.07. The highest BCUT2D eigenvalue weighted by Crippen LogP contribution is 2.18. The van der Waals surface area contributed by atoms with Crippen LogP contribution >= 0.6 is 0 Å². The molecule has 7 nitrogen and oxygen atoms in total. The lowest BCUT2D eigenvalue weighted by Crippen LogP contribution is -2.43. The number of nitrogens with zero attached hydrogens (tertiary/aromatic N) is 2. The highest BCUT2D eigenvalue weighted by molar-refractivity contribution is 5.96. The third kappa shape index (κ3) is 3.21. The smallest absolute Gasteiger partial charge is 0.288 e. The first-order valence-corrected chi connectivity index (χ1v) is 8.65. The summed E-state index contributed by atoms with van der Waals surface area (Å²) in [4.78, 5) is 41.2. The summed E-state index contributed by atoms with van der Waals surface area (Å²) < 4.78 is 1.76. The standard InChI is InChI=1S/C21H16N4O3/c26-19(23-24-21(28)16-9-5-6-12-22-16)13-25-17-10-3-1-7-14(17)20(27)15-8-2-4-11-18(15)25/h1-12H,13H2,(H,23,26)(H,24,28). The van der Waals surface area contributed by atoms with Gasteiger partial charge in [0.2, 0.25) is 0 Å². The molecule has 0 unspecified atom stereocenters. The number of amides is 2. The number of pyridine rings is 2. The van der Waals surface area contributed by atoms with Gasteiger partial charge in [-0.05, 0) is 36.4 Å². The molecule has 0 saturated heterocycles. The van der Waals surface area contributed by atoms with Gasteiger partial charge in [0.05, 0.1) is 11.0 Å². The van der Waals surface area contributed by atoms with Gasteiger partial charge in [-0.3, -0.25) is 30.2 Å². The number of carbonyl (C=O) groups excluding carboxylic acids is 2. The van der Waals surface area contributed by atoms with E-state index >= 15 is 0 Å². The number of fused-ring (bicyclic) bond motifs is 2. The first-order valence-electron chi connectivity index (χ1n) is 8.65. The van der Waals surface area contributed by atoms with E-state index in [0.29, 0.717) is 21.8 Å². The summed E-state index contributed by atoms with van der Waals surface area (Å²) in [6.45, 7) is -0.0657. The maximum absolute atomic E-state index is 12.7. The van der Waals surface area contributed by atoms with Crippen LogP contribution in [0.2, 0.25) is 0 Å². The molecule has 0 fully saturated rings. The topological polar surface area (TPSA) is 93.1 Å². The molecule has 138 valence electrons. The molecule has 0 atom stereocenters. The van der Waals surface area contributed by atoms with Crippen LogP contribution in [0.15, 0.2) is 77.7 Å². The van der Waals surface area contributed by atoms with E-state index < -0.39 is 11.8 Å². The lowest BCUT2D eigenvalue weighted by Gasteiger charge is -2.15. The summed E-state index contributed by atoms with van der Waals surface area (Å²) in [5.41, 5.74) is 6.17. The van der Waals surface area contributed by atoms with Gasteiger partial charge in [0, 0.05) is 17.0 Å². The lowest BCUT2D eigenvalue weighted by molar-refractivity contribution is -0.122. The number of hydrogen-bond donors (Lipinski definition) is 2. The zero-order valence-electron chi connectivity index (χ0n) is 14.8. The summed E-state index contributed by atoms with van der Waals surface area (Å²) >= 11 is 0. The molecule has 0 radical (unpaired) electrons. The maximum Gasteiger partial charge on any atom is 0.288 e. The first kappa shape index (κ1) is 17.4. The highest BCUT2D eigenvalue weighted by Gasteiger charge is 2.13. The average Bonchev–Trinajstić information content (AvgIpc) is 2.75. The number of hydrazine groups is 1. The minimum Gasteiger partial charge on any atom is -0.331 e. The Balaban J connectivity index is 1.63. The Kier molecular flexibility index (Phi) is 4.55. The predicted octanol–water partition coefficient (Wildman–Crippen LogP) is 2.01. The van der Waals surface area contributed by atoms with Crippen LogP contribution in [0.3, 0.4) is 0 Å². The number of para-hydroxylation sites is 2. The van der Waals surface area contributed by atoms with E-state index in [9.17, 15) is 14.4 Å². The number of carbonyl (C=O) groups is 2. The molecule has 7 heteroatoms. The first-order chi connectivity index (χ1) is 13.6. The van der Waals surface area contributed by atoms with Gasteiger partial charge < -0.3 is 4.57 Å². The van der Waals surface area contributed by atoms with Crippen molar-refractivity contribution in [3.8, 4) is 0 Å². The molecular weight excluding hydrogens is 356 g/mol. The van der Waals surface area contributed by atoms with E-state index in [1.807, 2.05) is 12.1 Å². The minimum absolute atomic E-state index is 0.0657. The molecule has 0 bridgehead atoms. The van der Waals surface area contributed by atoms with E-state index in [2.05, 4.69) is 15.8 Å². The fourth-order valence-electron chi connectivity index (χ4n) is 3.12. The normalized spacial score (nSPS) is 10.7. The van der Waals surface area contributed by atoms with Crippen LogP contribution < -0.4 is 16.3 Å². The number of benzene rings is 2. The van der Waals surface area contributed by atoms with Crippen molar-refractivity contribution >= 4 is 33.6 Å². The third-order valence-corrected chi connectivity index (χ3v) is 4.39. The molecule has 2 aromatic carbocycles. The molecule has 2 heterocycles. The molecule has 4 aromatic rings. The van der Waals surface area contributed by atoms with Crippen molar-refractivity contribution in [2.75, 3.05) is 0 Å². The van der Waals surface area contributed by atoms with E-state index in [4.69, 9.17) is 0 Å². The second kappa shape index (κ2) is 7.32. The molecule has 0 aliphatic carbocycles. The second-order valence-electron chi connectivity index (χ2n) is 6.17. The van der Waals surface area contributed by atoms with Gasteiger partial charge in [-0.25, -0.2) is 0 Å². The van der Waals surface area contributed by atoms with Crippen LogP contribution in [0.5, 0.6) is 0 Å². The van der Waals surface area contributed by atoms with E-state index in [1.54, 1.807) is 59.2 Å². The quantitative estimate of drug-likeness (QED) is 0.425. The van der Waals surface area contributed by atoms with Crippen LogP contribution in [-0.2, 0) is 11.3 Å². The summed E-state index contributed by atoms with van der Waals surface area (Å²) in [6, 6.07) is 19.2. The van der Waals surface area contributed by atoms with Gasteiger partial charge in [0.15, 0.2) is 5.43 Å². The van der Waals surface area contributed by atoms with Crippen molar-refractivity contribution < 1.29 is 9.59 Å².